The number of nitrogens with two attached hydrogens (primary N) is 1. The maximum atomic E-state index is 12.0. The van der Waals surface area contributed by atoms with Crippen LogP contribution in [0.3, 0.4) is 0 Å². The summed E-state index contributed by atoms with van der Waals surface area (Å²) < 4.78 is 10.6. The third-order valence-corrected chi connectivity index (χ3v) is 2.56. The Morgan fingerprint density at radius 3 is 3.00 bits per heavy atom. The van der Waals surface area contributed by atoms with Crippen LogP contribution < -0.4 is 5.73 Å². The average molecular weight is 221 g/mol. The molecule has 0 spiro atoms. The van der Waals surface area contributed by atoms with Crippen molar-refractivity contribution in [1.29, 1.82) is 0 Å². The van der Waals surface area contributed by atoms with E-state index in [4.69, 9.17) is 15.2 Å². The van der Waals surface area contributed by atoms with Gasteiger partial charge in [0.15, 0.2) is 5.78 Å². The second-order valence-corrected chi connectivity index (χ2v) is 3.70. The fraction of sp³-hybridized carbons (Fsp3) is 0.417. The minimum Gasteiger partial charge on any atom is -0.376 e. The van der Waals surface area contributed by atoms with Crippen molar-refractivity contribution in [3.63, 3.8) is 0 Å². The quantitative estimate of drug-likeness (QED) is 0.765. The molecule has 0 bridgehead atoms. The summed E-state index contributed by atoms with van der Waals surface area (Å²) in [5.41, 5.74) is 7.11. The molecule has 0 aliphatic carbocycles. The zero-order valence-electron chi connectivity index (χ0n) is 9.02. The highest BCUT2D eigenvalue weighted by atomic mass is 16.6. The lowest BCUT2D eigenvalue weighted by molar-refractivity contribution is -0.0719. The molecule has 1 fully saturated rings. The summed E-state index contributed by atoms with van der Waals surface area (Å²) >= 11 is 0. The number of hydrogen-bond acceptors (Lipinski definition) is 4. The molecule has 2 rings (SSSR count). The van der Waals surface area contributed by atoms with E-state index in [0.717, 1.165) is 5.56 Å². The first kappa shape index (κ1) is 11.3. The number of hydrogen-bond donors (Lipinski definition) is 1. The number of benzene rings is 1. The Balaban J connectivity index is 2.12. The van der Waals surface area contributed by atoms with Crippen molar-refractivity contribution >= 4 is 5.78 Å². The molecule has 1 aromatic carbocycles. The van der Waals surface area contributed by atoms with Gasteiger partial charge in [0.1, 0.15) is 6.10 Å². The summed E-state index contributed by atoms with van der Waals surface area (Å²) in [7, 11) is 0. The predicted octanol–water partition coefficient (Wildman–Crippen LogP) is 0.743. The van der Waals surface area contributed by atoms with Crippen LogP contribution in [-0.4, -0.2) is 31.7 Å². The average Bonchev–Trinajstić information content (AvgIpc) is 2.39. The number of ether oxygens (including phenoxy) is 2. The van der Waals surface area contributed by atoms with Gasteiger partial charge in [-0.2, -0.15) is 0 Å². The van der Waals surface area contributed by atoms with Gasteiger partial charge < -0.3 is 15.2 Å². The Morgan fingerprint density at radius 2 is 2.31 bits per heavy atom. The number of carbonyl (C=O) groups is 1. The van der Waals surface area contributed by atoms with Crippen molar-refractivity contribution in [2.75, 3.05) is 19.8 Å². The van der Waals surface area contributed by atoms with Crippen LogP contribution >= 0.6 is 0 Å². The van der Waals surface area contributed by atoms with Crippen LogP contribution in [0.15, 0.2) is 24.3 Å². The fourth-order valence-electron chi connectivity index (χ4n) is 1.68. The summed E-state index contributed by atoms with van der Waals surface area (Å²) in [5.74, 6) is -0.0324. The smallest absolute Gasteiger partial charge is 0.193 e. The van der Waals surface area contributed by atoms with E-state index in [-0.39, 0.29) is 5.78 Å². The molecule has 4 nitrogen and oxygen atoms in total. The van der Waals surface area contributed by atoms with E-state index in [0.29, 0.717) is 31.9 Å². The van der Waals surface area contributed by atoms with Crippen molar-refractivity contribution in [2.45, 2.75) is 12.6 Å². The molecule has 1 saturated heterocycles. The minimum absolute atomic E-state index is 0.0324. The van der Waals surface area contributed by atoms with Gasteiger partial charge in [0.05, 0.1) is 19.8 Å². The normalized spacial score (nSPS) is 20.7. The molecular formula is C12H15NO3. The highest BCUT2D eigenvalue weighted by molar-refractivity contribution is 5.99. The highest BCUT2D eigenvalue weighted by Crippen LogP contribution is 2.11. The van der Waals surface area contributed by atoms with Gasteiger partial charge in [-0.1, -0.05) is 18.2 Å². The van der Waals surface area contributed by atoms with Crippen molar-refractivity contribution in [3.05, 3.63) is 35.4 Å². The first-order chi connectivity index (χ1) is 7.81. The van der Waals surface area contributed by atoms with Crippen LogP contribution in [0.2, 0.25) is 0 Å². The van der Waals surface area contributed by atoms with Gasteiger partial charge in [-0.25, -0.2) is 0 Å². The standard InChI is InChI=1S/C12H15NO3/c13-7-9-2-1-3-10(6-9)12(14)11-8-15-4-5-16-11/h1-3,6,11H,4-5,7-8,13H2. The minimum atomic E-state index is -0.471. The SMILES string of the molecule is NCc1cccc(C(=O)C2COCCO2)c1. The second kappa shape index (κ2) is 5.21. The third-order valence-electron chi connectivity index (χ3n) is 2.56. The second-order valence-electron chi connectivity index (χ2n) is 3.70. The lowest BCUT2D eigenvalue weighted by atomic mass is 10.0. The van der Waals surface area contributed by atoms with Crippen molar-refractivity contribution < 1.29 is 14.3 Å². The molecule has 0 radical (unpaired) electrons. The van der Waals surface area contributed by atoms with Crippen LogP contribution in [0.25, 0.3) is 0 Å². The molecule has 1 unspecified atom stereocenters. The maximum absolute atomic E-state index is 12.0. The lowest BCUT2D eigenvalue weighted by Gasteiger charge is -2.21. The van der Waals surface area contributed by atoms with Gasteiger partial charge >= 0.3 is 0 Å². The van der Waals surface area contributed by atoms with Gasteiger partial charge in [-0.05, 0) is 11.6 Å². The Hall–Kier alpha value is -1.23. The number of ketones is 1. The summed E-state index contributed by atoms with van der Waals surface area (Å²) in [5, 5.41) is 0. The molecule has 0 saturated carbocycles. The van der Waals surface area contributed by atoms with Gasteiger partial charge in [0.2, 0.25) is 0 Å². The monoisotopic (exact) mass is 221 g/mol. The van der Waals surface area contributed by atoms with Gasteiger partial charge in [0, 0.05) is 12.1 Å². The van der Waals surface area contributed by atoms with Crippen LogP contribution in [0.5, 0.6) is 0 Å². The van der Waals surface area contributed by atoms with E-state index in [1.54, 1.807) is 12.1 Å². The molecule has 0 aromatic heterocycles. The molecule has 1 aromatic rings. The molecular weight excluding hydrogens is 206 g/mol. The summed E-state index contributed by atoms with van der Waals surface area (Å²) in [6.45, 7) is 1.81. The van der Waals surface area contributed by atoms with Crippen LogP contribution in [0.4, 0.5) is 0 Å². The first-order valence-corrected chi connectivity index (χ1v) is 5.34. The number of Topliss-reactive ketones (excluding diaryl/α,β-unsaturated/α-hetero) is 1. The zero-order valence-corrected chi connectivity index (χ0v) is 9.02. The van der Waals surface area contributed by atoms with Gasteiger partial charge in [-0.15, -0.1) is 0 Å². The summed E-state index contributed by atoms with van der Waals surface area (Å²) in [4.78, 5) is 12.0. The van der Waals surface area contributed by atoms with Crippen molar-refractivity contribution in [1.82, 2.24) is 0 Å². The maximum Gasteiger partial charge on any atom is 0.193 e. The topological polar surface area (TPSA) is 61.6 Å². The van der Waals surface area contributed by atoms with Gasteiger partial charge in [0.25, 0.3) is 0 Å². The molecule has 86 valence electrons. The van der Waals surface area contributed by atoms with E-state index in [2.05, 4.69) is 0 Å². The molecule has 2 N–H and O–H groups in total. The van der Waals surface area contributed by atoms with E-state index < -0.39 is 6.10 Å². The van der Waals surface area contributed by atoms with Crippen LogP contribution in [-0.2, 0) is 16.0 Å². The van der Waals surface area contributed by atoms with E-state index in [1.807, 2.05) is 12.1 Å². The number of carbonyl (C=O) groups excluding carboxylic acids is 1. The molecule has 1 aliphatic heterocycles. The number of rotatable bonds is 3. The molecule has 16 heavy (non-hydrogen) atoms. The van der Waals surface area contributed by atoms with Crippen LogP contribution in [0, 0.1) is 0 Å². The molecule has 4 heteroatoms. The van der Waals surface area contributed by atoms with E-state index in [1.165, 1.54) is 0 Å². The molecule has 1 aliphatic rings. The predicted molar refractivity (Wildman–Crippen MR) is 59.2 cm³/mol. The third kappa shape index (κ3) is 2.47. The first-order valence-electron chi connectivity index (χ1n) is 5.34. The van der Waals surface area contributed by atoms with Gasteiger partial charge in [-0.3, -0.25) is 4.79 Å². The van der Waals surface area contributed by atoms with Crippen LogP contribution in [0.1, 0.15) is 15.9 Å². The van der Waals surface area contributed by atoms with E-state index >= 15 is 0 Å². The Kier molecular flexibility index (Phi) is 3.66. The van der Waals surface area contributed by atoms with E-state index in [9.17, 15) is 4.79 Å². The zero-order chi connectivity index (χ0) is 11.4. The molecule has 0 amide bonds. The summed E-state index contributed by atoms with van der Waals surface area (Å²) in [6, 6.07) is 7.31. The Morgan fingerprint density at radius 1 is 1.44 bits per heavy atom. The fourth-order valence-corrected chi connectivity index (χ4v) is 1.68. The molecule has 1 heterocycles. The summed E-state index contributed by atoms with van der Waals surface area (Å²) in [6.07, 6.45) is -0.471. The Bertz CT molecular complexity index is 372. The molecule has 1 atom stereocenters. The lowest BCUT2D eigenvalue weighted by Crippen LogP contribution is -2.35. The largest absolute Gasteiger partial charge is 0.376 e. The van der Waals surface area contributed by atoms with Crippen molar-refractivity contribution in [2.24, 2.45) is 5.73 Å². The Labute approximate surface area is 94.3 Å². The highest BCUT2D eigenvalue weighted by Gasteiger charge is 2.23. The van der Waals surface area contributed by atoms with Crippen molar-refractivity contribution in [3.8, 4) is 0 Å².